The summed E-state index contributed by atoms with van der Waals surface area (Å²) in [5.74, 6) is -1.60. The van der Waals surface area contributed by atoms with E-state index in [9.17, 15) is 29.3 Å². The van der Waals surface area contributed by atoms with E-state index in [4.69, 9.17) is 4.74 Å². The van der Waals surface area contributed by atoms with Gasteiger partial charge in [-0.3, -0.25) is 19.4 Å². The van der Waals surface area contributed by atoms with Crippen LogP contribution in [0.3, 0.4) is 0 Å². The zero-order valence-electron chi connectivity index (χ0n) is 20.9. The van der Waals surface area contributed by atoms with Crippen molar-refractivity contribution in [2.24, 2.45) is 11.8 Å². The van der Waals surface area contributed by atoms with E-state index in [0.29, 0.717) is 38.5 Å². The van der Waals surface area contributed by atoms with Gasteiger partial charge in [0.05, 0.1) is 48.5 Å². The van der Waals surface area contributed by atoms with Crippen molar-refractivity contribution in [1.82, 2.24) is 9.80 Å². The van der Waals surface area contributed by atoms with Crippen LogP contribution in [0.5, 0.6) is 5.75 Å². The van der Waals surface area contributed by atoms with E-state index in [1.54, 1.807) is 6.07 Å². The average molecular weight is 542 g/mol. The maximum Gasteiger partial charge on any atom is 0.233 e. The molecule has 2 aliphatic carbocycles. The number of carbonyl (C=O) groups excluding carboxylic acids is 2. The highest BCUT2D eigenvalue weighted by Crippen LogP contribution is 2.38. The van der Waals surface area contributed by atoms with Crippen LogP contribution in [0.2, 0.25) is 0 Å². The maximum absolute atomic E-state index is 14.1. The highest BCUT2D eigenvalue weighted by Gasteiger charge is 2.52. The molecule has 4 aliphatic rings. The summed E-state index contributed by atoms with van der Waals surface area (Å²) in [6.07, 6.45) is 1.74. The number of hydrogen-bond donors (Lipinski definition) is 3. The predicted octanol–water partition coefficient (Wildman–Crippen LogP) is 1.17. The van der Waals surface area contributed by atoms with E-state index in [1.807, 2.05) is 0 Å². The lowest BCUT2D eigenvalue weighted by atomic mass is 9.78. The topological polar surface area (TPSA) is 114 Å². The van der Waals surface area contributed by atoms with E-state index >= 15 is 0 Å². The molecule has 0 spiro atoms. The molecule has 0 aromatic heterocycles. The van der Waals surface area contributed by atoms with Gasteiger partial charge < -0.3 is 25.0 Å². The standard InChI is InChI=1S/C26H36FN3O6.ClH/c27-16-5-6-24(36-18-3-1-2-4-18)21(11-16)29-9-7-28(8-10-29)14-17(31)15-30-25(34)19-12-22(32)23(33)13-20(19)26(30)35;/h5-6,11,17-20,22-23,31-33H,1-4,7-10,12-15H2;1H. The van der Waals surface area contributed by atoms with Crippen LogP contribution in [0.4, 0.5) is 10.1 Å². The second-order valence-electron chi connectivity index (χ2n) is 10.7. The van der Waals surface area contributed by atoms with Crippen molar-refractivity contribution in [3.8, 4) is 5.75 Å². The molecule has 0 radical (unpaired) electrons. The van der Waals surface area contributed by atoms with Crippen LogP contribution in [0, 0.1) is 17.7 Å². The normalized spacial score (nSPS) is 29.8. The monoisotopic (exact) mass is 541 g/mol. The zero-order valence-corrected chi connectivity index (χ0v) is 21.7. The molecule has 5 atom stereocenters. The number of rotatable bonds is 7. The summed E-state index contributed by atoms with van der Waals surface area (Å²) in [5, 5.41) is 30.5. The third-order valence-corrected chi connectivity index (χ3v) is 8.18. The highest BCUT2D eigenvalue weighted by molar-refractivity contribution is 6.05. The number of β-amino-alcohol motifs (C(OH)–C–C–N with tert-alkyl or cyclic N) is 1. The molecule has 2 heterocycles. The minimum Gasteiger partial charge on any atom is -0.488 e. The quantitative estimate of drug-likeness (QED) is 0.441. The number of amides is 2. The number of imide groups is 1. The van der Waals surface area contributed by atoms with E-state index in [1.165, 1.54) is 12.1 Å². The number of anilines is 1. The van der Waals surface area contributed by atoms with Gasteiger partial charge in [0.1, 0.15) is 11.6 Å². The fourth-order valence-electron chi connectivity index (χ4n) is 6.16. The fourth-order valence-corrected chi connectivity index (χ4v) is 6.16. The number of piperazine rings is 1. The molecule has 3 N–H and O–H groups in total. The molecule has 0 bridgehead atoms. The van der Waals surface area contributed by atoms with Crippen LogP contribution < -0.4 is 9.64 Å². The molecule has 2 aliphatic heterocycles. The van der Waals surface area contributed by atoms with Crippen molar-refractivity contribution in [2.75, 3.05) is 44.2 Å². The number of hydrogen-bond acceptors (Lipinski definition) is 8. The van der Waals surface area contributed by atoms with Gasteiger partial charge in [-0.15, -0.1) is 12.4 Å². The number of benzene rings is 1. The van der Waals surface area contributed by atoms with Gasteiger partial charge in [-0.25, -0.2) is 4.39 Å². The lowest BCUT2D eigenvalue weighted by molar-refractivity contribution is -0.141. The number of likely N-dealkylation sites (tertiary alicyclic amines) is 1. The Kier molecular flexibility index (Phi) is 8.96. The van der Waals surface area contributed by atoms with Crippen LogP contribution in [0.15, 0.2) is 18.2 Å². The third kappa shape index (κ3) is 6.04. The Labute approximate surface area is 222 Å². The second-order valence-corrected chi connectivity index (χ2v) is 10.7. The summed E-state index contributed by atoms with van der Waals surface area (Å²) in [4.78, 5) is 30.8. The molecule has 5 unspecified atom stereocenters. The van der Waals surface area contributed by atoms with Crippen molar-refractivity contribution in [2.45, 2.75) is 62.9 Å². The Morgan fingerprint density at radius 1 is 0.946 bits per heavy atom. The second kappa shape index (κ2) is 11.8. The van der Waals surface area contributed by atoms with Gasteiger partial charge >= 0.3 is 0 Å². The number of aliphatic hydroxyl groups excluding tert-OH is 3. The first-order valence-electron chi connectivity index (χ1n) is 13.1. The van der Waals surface area contributed by atoms with E-state index in [0.717, 1.165) is 36.3 Å². The average Bonchev–Trinajstić information content (AvgIpc) is 3.44. The van der Waals surface area contributed by atoms with Gasteiger partial charge in [-0.1, -0.05) is 0 Å². The van der Waals surface area contributed by atoms with Crippen molar-refractivity contribution < 1.29 is 34.0 Å². The maximum atomic E-state index is 14.1. The molecule has 2 saturated carbocycles. The zero-order chi connectivity index (χ0) is 25.4. The first kappa shape index (κ1) is 28.0. The van der Waals surface area contributed by atoms with Crippen LogP contribution in [0.1, 0.15) is 38.5 Å². The minimum absolute atomic E-state index is 0. The molecule has 206 valence electrons. The number of carbonyl (C=O) groups is 2. The number of fused-ring (bicyclic) bond motifs is 1. The molecule has 1 aromatic rings. The number of ether oxygens (including phenoxy) is 1. The van der Waals surface area contributed by atoms with Crippen LogP contribution in [-0.4, -0.2) is 101 Å². The first-order valence-corrected chi connectivity index (χ1v) is 13.1. The third-order valence-electron chi connectivity index (χ3n) is 8.18. The van der Waals surface area contributed by atoms with Gasteiger partial charge in [-0.2, -0.15) is 0 Å². The molecule has 4 fully saturated rings. The Bertz CT molecular complexity index is 944. The van der Waals surface area contributed by atoms with Gasteiger partial charge in [0.15, 0.2) is 0 Å². The van der Waals surface area contributed by atoms with Crippen molar-refractivity contribution in [3.63, 3.8) is 0 Å². The van der Waals surface area contributed by atoms with Crippen LogP contribution in [-0.2, 0) is 9.59 Å². The number of aliphatic hydroxyl groups is 3. The highest BCUT2D eigenvalue weighted by atomic mass is 35.5. The molecule has 11 heteroatoms. The molecule has 1 aromatic carbocycles. The minimum atomic E-state index is -1.01. The van der Waals surface area contributed by atoms with E-state index < -0.39 is 30.1 Å². The number of halogens is 2. The molecule has 5 rings (SSSR count). The molecule has 9 nitrogen and oxygen atoms in total. The summed E-state index contributed by atoms with van der Waals surface area (Å²) in [6, 6.07) is 4.66. The fraction of sp³-hybridized carbons (Fsp3) is 0.692. The van der Waals surface area contributed by atoms with Crippen LogP contribution in [0.25, 0.3) is 0 Å². The lowest BCUT2D eigenvalue weighted by Crippen LogP contribution is -2.50. The van der Waals surface area contributed by atoms with Crippen LogP contribution >= 0.6 is 12.4 Å². The summed E-state index contributed by atoms with van der Waals surface area (Å²) in [7, 11) is 0. The number of nitrogens with zero attached hydrogens (tertiary/aromatic N) is 3. The Morgan fingerprint density at radius 2 is 1.54 bits per heavy atom. The molecule has 2 amide bonds. The van der Waals surface area contributed by atoms with E-state index in [-0.39, 0.29) is 55.5 Å². The lowest BCUT2D eigenvalue weighted by Gasteiger charge is -2.38. The summed E-state index contributed by atoms with van der Waals surface area (Å²) < 4.78 is 20.3. The van der Waals surface area contributed by atoms with Gasteiger partial charge in [0.25, 0.3) is 0 Å². The van der Waals surface area contributed by atoms with Gasteiger partial charge in [0, 0.05) is 38.8 Å². The van der Waals surface area contributed by atoms with Crippen molar-refractivity contribution in [3.05, 3.63) is 24.0 Å². The van der Waals surface area contributed by atoms with Crippen molar-refractivity contribution >= 4 is 29.9 Å². The predicted molar refractivity (Wildman–Crippen MR) is 136 cm³/mol. The van der Waals surface area contributed by atoms with E-state index in [2.05, 4.69) is 9.80 Å². The first-order chi connectivity index (χ1) is 17.3. The summed E-state index contributed by atoms with van der Waals surface area (Å²) in [5.41, 5.74) is 0.752. The van der Waals surface area contributed by atoms with Crippen molar-refractivity contribution in [1.29, 1.82) is 0 Å². The molecule has 37 heavy (non-hydrogen) atoms. The Balaban J connectivity index is 0.00000320. The molecule has 2 saturated heterocycles. The largest absolute Gasteiger partial charge is 0.488 e. The summed E-state index contributed by atoms with van der Waals surface area (Å²) >= 11 is 0. The smallest absolute Gasteiger partial charge is 0.233 e. The Morgan fingerprint density at radius 3 is 2.14 bits per heavy atom. The molecular weight excluding hydrogens is 505 g/mol. The molecular formula is C26H37ClFN3O6. The Hall–Kier alpha value is -1.98. The van der Waals surface area contributed by atoms with Gasteiger partial charge in [-0.05, 0) is 50.7 Å². The SMILES string of the molecule is Cl.O=C1C2CC(O)C(O)CC2C(=O)N1CC(O)CN1CCN(c2cc(F)ccc2OC2CCCC2)CC1. The van der Waals surface area contributed by atoms with Gasteiger partial charge in [0.2, 0.25) is 11.8 Å². The summed E-state index contributed by atoms with van der Waals surface area (Å²) in [6.45, 7) is 2.77.